The van der Waals surface area contributed by atoms with E-state index in [1.807, 2.05) is 37.3 Å². The third kappa shape index (κ3) is 3.51. The summed E-state index contributed by atoms with van der Waals surface area (Å²) in [6.45, 7) is 2.60. The first-order valence-corrected chi connectivity index (χ1v) is 6.82. The van der Waals surface area contributed by atoms with Gasteiger partial charge in [0.05, 0.1) is 5.56 Å². The molecule has 2 rings (SSSR count). The van der Waals surface area contributed by atoms with Crippen LogP contribution in [0.15, 0.2) is 47.1 Å². The first-order valence-electron chi connectivity index (χ1n) is 6.82. The molecular formula is C16H17NO4. The topological polar surface area (TPSA) is 70.8 Å². The van der Waals surface area contributed by atoms with Gasteiger partial charge in [-0.25, -0.2) is 4.79 Å². The van der Waals surface area contributed by atoms with Crippen molar-refractivity contribution in [3.63, 3.8) is 0 Å². The normalized spacial score (nSPS) is 10.3. The second-order valence-corrected chi connectivity index (χ2v) is 4.65. The number of unbranched alkanes of at least 4 members (excludes halogenated alkanes) is 1. The molecule has 0 bridgehead atoms. The minimum Gasteiger partial charge on any atom is -0.478 e. The van der Waals surface area contributed by atoms with Crippen molar-refractivity contribution in [3.05, 3.63) is 54.0 Å². The zero-order valence-corrected chi connectivity index (χ0v) is 11.8. The molecule has 0 spiro atoms. The number of amides is 1. The van der Waals surface area contributed by atoms with Gasteiger partial charge in [-0.1, -0.05) is 31.5 Å². The summed E-state index contributed by atoms with van der Waals surface area (Å²) in [5.41, 5.74) is 0.742. The van der Waals surface area contributed by atoms with Crippen LogP contribution in [-0.4, -0.2) is 23.5 Å². The van der Waals surface area contributed by atoms with E-state index in [-0.39, 0.29) is 17.2 Å². The second kappa shape index (κ2) is 6.74. The quantitative estimate of drug-likeness (QED) is 0.883. The molecule has 0 atom stereocenters. The standard InChI is InChI=1S/C16H17NO4/c1-2-3-9-17(13-7-5-4-6-8-13)15(18)14-10-12(11-21-14)16(19)20/h4-8,10-11H,2-3,9H2,1H3,(H,19,20). The number of aromatic carboxylic acids is 1. The van der Waals surface area contributed by atoms with E-state index in [4.69, 9.17) is 9.52 Å². The van der Waals surface area contributed by atoms with E-state index < -0.39 is 5.97 Å². The summed E-state index contributed by atoms with van der Waals surface area (Å²) in [5, 5.41) is 8.89. The van der Waals surface area contributed by atoms with Crippen LogP contribution in [0.4, 0.5) is 5.69 Å². The number of carboxylic acid groups (broad SMARTS) is 1. The first-order chi connectivity index (χ1) is 10.1. The Bertz CT molecular complexity index is 618. The summed E-state index contributed by atoms with van der Waals surface area (Å²) in [5.74, 6) is -1.41. The molecule has 1 N–H and O–H groups in total. The molecule has 2 aromatic rings. The largest absolute Gasteiger partial charge is 0.478 e. The number of nitrogens with zero attached hydrogens (tertiary/aromatic N) is 1. The van der Waals surface area contributed by atoms with E-state index in [0.29, 0.717) is 6.54 Å². The molecule has 0 aliphatic rings. The molecule has 0 saturated heterocycles. The van der Waals surface area contributed by atoms with E-state index in [0.717, 1.165) is 24.8 Å². The van der Waals surface area contributed by atoms with Gasteiger partial charge >= 0.3 is 5.97 Å². The molecule has 5 heteroatoms. The molecule has 1 amide bonds. The Balaban J connectivity index is 2.27. The van der Waals surface area contributed by atoms with Crippen LogP contribution in [0.2, 0.25) is 0 Å². The lowest BCUT2D eigenvalue weighted by Crippen LogP contribution is -2.31. The van der Waals surface area contributed by atoms with Crippen LogP contribution in [0.1, 0.15) is 40.7 Å². The molecule has 0 aliphatic heterocycles. The molecule has 0 unspecified atom stereocenters. The van der Waals surface area contributed by atoms with Crippen molar-refractivity contribution in [1.82, 2.24) is 0 Å². The summed E-state index contributed by atoms with van der Waals surface area (Å²) < 4.78 is 5.10. The number of hydrogen-bond acceptors (Lipinski definition) is 3. The minimum atomic E-state index is -1.11. The highest BCUT2D eigenvalue weighted by molar-refractivity contribution is 6.05. The van der Waals surface area contributed by atoms with Crippen molar-refractivity contribution < 1.29 is 19.1 Å². The van der Waals surface area contributed by atoms with Crippen molar-refractivity contribution in [2.24, 2.45) is 0 Å². The van der Waals surface area contributed by atoms with Gasteiger partial charge in [-0.15, -0.1) is 0 Å². The van der Waals surface area contributed by atoms with Gasteiger partial charge in [0.15, 0.2) is 5.76 Å². The third-order valence-corrected chi connectivity index (χ3v) is 3.11. The van der Waals surface area contributed by atoms with Crippen LogP contribution in [-0.2, 0) is 0 Å². The Hall–Kier alpha value is -2.56. The number of hydrogen-bond donors (Lipinski definition) is 1. The molecule has 0 fully saturated rings. The van der Waals surface area contributed by atoms with E-state index in [1.165, 1.54) is 6.07 Å². The van der Waals surface area contributed by atoms with Crippen molar-refractivity contribution in [2.45, 2.75) is 19.8 Å². The first kappa shape index (κ1) is 14.8. The van der Waals surface area contributed by atoms with Crippen molar-refractivity contribution in [3.8, 4) is 0 Å². The number of furan rings is 1. The lowest BCUT2D eigenvalue weighted by molar-refractivity contribution is 0.0696. The Morgan fingerprint density at radius 2 is 1.95 bits per heavy atom. The molecule has 1 aromatic carbocycles. The molecule has 0 radical (unpaired) electrons. The fourth-order valence-corrected chi connectivity index (χ4v) is 1.97. The average Bonchev–Trinajstić information content (AvgIpc) is 2.98. The Morgan fingerprint density at radius 1 is 1.24 bits per heavy atom. The van der Waals surface area contributed by atoms with Gasteiger partial charge in [0, 0.05) is 18.3 Å². The molecule has 0 saturated carbocycles. The maximum absolute atomic E-state index is 12.5. The number of carboxylic acids is 1. The monoisotopic (exact) mass is 287 g/mol. The predicted octanol–water partition coefficient (Wildman–Crippen LogP) is 3.42. The number of rotatable bonds is 6. The summed E-state index contributed by atoms with van der Waals surface area (Å²) in [7, 11) is 0. The molecule has 1 aromatic heterocycles. The van der Waals surface area contributed by atoms with Gasteiger partial charge in [-0.3, -0.25) is 4.79 Å². The maximum atomic E-state index is 12.5. The van der Waals surface area contributed by atoms with Crippen molar-refractivity contribution >= 4 is 17.6 Å². The highest BCUT2D eigenvalue weighted by Gasteiger charge is 2.21. The number of benzene rings is 1. The zero-order chi connectivity index (χ0) is 15.2. The molecule has 110 valence electrons. The van der Waals surface area contributed by atoms with Gasteiger partial charge in [-0.05, 0) is 18.6 Å². The van der Waals surface area contributed by atoms with E-state index in [1.54, 1.807) is 4.90 Å². The number of anilines is 1. The summed E-state index contributed by atoms with van der Waals surface area (Å²) in [4.78, 5) is 25.0. The smallest absolute Gasteiger partial charge is 0.338 e. The fraction of sp³-hybridized carbons (Fsp3) is 0.250. The van der Waals surface area contributed by atoms with Crippen LogP contribution in [0.3, 0.4) is 0 Å². The van der Waals surface area contributed by atoms with Gasteiger partial charge in [0.1, 0.15) is 6.26 Å². The number of carbonyl (C=O) groups excluding carboxylic acids is 1. The van der Waals surface area contributed by atoms with Crippen LogP contribution < -0.4 is 4.90 Å². The van der Waals surface area contributed by atoms with Crippen LogP contribution in [0.5, 0.6) is 0 Å². The van der Waals surface area contributed by atoms with E-state index >= 15 is 0 Å². The number of carbonyl (C=O) groups is 2. The average molecular weight is 287 g/mol. The second-order valence-electron chi connectivity index (χ2n) is 4.65. The van der Waals surface area contributed by atoms with E-state index in [9.17, 15) is 9.59 Å². The minimum absolute atomic E-state index is 0.0261. The van der Waals surface area contributed by atoms with Crippen LogP contribution in [0, 0.1) is 0 Å². The predicted molar refractivity (Wildman–Crippen MR) is 78.7 cm³/mol. The van der Waals surface area contributed by atoms with Crippen molar-refractivity contribution in [1.29, 1.82) is 0 Å². The van der Waals surface area contributed by atoms with Crippen LogP contribution in [0.25, 0.3) is 0 Å². The highest BCUT2D eigenvalue weighted by atomic mass is 16.4. The molecule has 1 heterocycles. The number of para-hydroxylation sites is 1. The zero-order valence-electron chi connectivity index (χ0n) is 11.8. The Morgan fingerprint density at radius 3 is 2.52 bits per heavy atom. The van der Waals surface area contributed by atoms with E-state index in [2.05, 4.69) is 0 Å². The Labute approximate surface area is 122 Å². The lowest BCUT2D eigenvalue weighted by atomic mass is 10.2. The third-order valence-electron chi connectivity index (χ3n) is 3.11. The lowest BCUT2D eigenvalue weighted by Gasteiger charge is -2.21. The molecule has 5 nitrogen and oxygen atoms in total. The SMILES string of the molecule is CCCCN(C(=O)c1cc(C(=O)O)co1)c1ccccc1. The van der Waals surface area contributed by atoms with Crippen LogP contribution >= 0.6 is 0 Å². The molecule has 21 heavy (non-hydrogen) atoms. The summed E-state index contributed by atoms with van der Waals surface area (Å²) in [6.07, 6.45) is 2.89. The maximum Gasteiger partial charge on any atom is 0.338 e. The van der Waals surface area contributed by atoms with Gasteiger partial charge in [0.25, 0.3) is 5.91 Å². The van der Waals surface area contributed by atoms with Gasteiger partial charge in [0.2, 0.25) is 0 Å². The fourth-order valence-electron chi connectivity index (χ4n) is 1.97. The Kier molecular flexibility index (Phi) is 4.77. The van der Waals surface area contributed by atoms with Gasteiger partial charge < -0.3 is 14.4 Å². The molecular weight excluding hydrogens is 270 g/mol. The summed E-state index contributed by atoms with van der Waals surface area (Å²) in [6, 6.07) is 10.5. The summed E-state index contributed by atoms with van der Waals surface area (Å²) >= 11 is 0. The molecule has 0 aliphatic carbocycles. The highest BCUT2D eigenvalue weighted by Crippen LogP contribution is 2.19. The van der Waals surface area contributed by atoms with Crippen molar-refractivity contribution in [2.75, 3.05) is 11.4 Å². The van der Waals surface area contributed by atoms with Gasteiger partial charge in [-0.2, -0.15) is 0 Å².